The van der Waals surface area contributed by atoms with Crippen LogP contribution in [0.5, 0.6) is 0 Å². The maximum atomic E-state index is 3.47. The molecule has 2 nitrogen and oxygen atoms in total. The molecule has 0 aliphatic heterocycles. The van der Waals surface area contributed by atoms with Crippen molar-refractivity contribution >= 4 is 0 Å². The van der Waals surface area contributed by atoms with Crippen molar-refractivity contribution in [2.75, 3.05) is 6.54 Å². The average molecular weight is 178 g/mol. The molecular formula is C11H18N2. The fourth-order valence-electron chi connectivity index (χ4n) is 1.78. The summed E-state index contributed by atoms with van der Waals surface area (Å²) in [5.74, 6) is 0.891. The fraction of sp³-hybridized carbons (Fsp3) is 0.636. The molecule has 0 radical (unpaired) electrons. The monoisotopic (exact) mass is 178 g/mol. The normalized spacial score (nSPS) is 24.6. The molecule has 1 fully saturated rings. The van der Waals surface area contributed by atoms with E-state index in [4.69, 9.17) is 0 Å². The summed E-state index contributed by atoms with van der Waals surface area (Å²) in [5, 5.41) is 3.47. The van der Waals surface area contributed by atoms with E-state index in [-0.39, 0.29) is 0 Å². The van der Waals surface area contributed by atoms with Crippen molar-refractivity contribution in [2.45, 2.75) is 26.8 Å². The highest BCUT2D eigenvalue weighted by Crippen LogP contribution is 2.50. The van der Waals surface area contributed by atoms with Gasteiger partial charge in [-0.3, -0.25) is 0 Å². The van der Waals surface area contributed by atoms with Gasteiger partial charge in [0.15, 0.2) is 0 Å². The Morgan fingerprint density at radius 1 is 1.62 bits per heavy atom. The average Bonchev–Trinajstić information content (AvgIpc) is 2.53. The Morgan fingerprint density at radius 2 is 2.38 bits per heavy atom. The van der Waals surface area contributed by atoms with Crippen LogP contribution in [0.25, 0.3) is 0 Å². The van der Waals surface area contributed by atoms with E-state index in [2.05, 4.69) is 30.2 Å². The van der Waals surface area contributed by atoms with Crippen molar-refractivity contribution in [2.24, 2.45) is 11.3 Å². The standard InChI is InChI=1S/C11H18N2/c1-11(2)6-9(11)7-12-8-10-4-3-5-13-10/h3-5,9,12-13H,6-8H2,1-2H3. The van der Waals surface area contributed by atoms with Crippen molar-refractivity contribution in [3.05, 3.63) is 24.0 Å². The lowest BCUT2D eigenvalue weighted by Crippen LogP contribution is -2.18. The molecule has 2 N–H and O–H groups in total. The molecule has 0 aromatic carbocycles. The molecule has 0 spiro atoms. The van der Waals surface area contributed by atoms with Gasteiger partial charge < -0.3 is 10.3 Å². The van der Waals surface area contributed by atoms with Crippen LogP contribution in [0.4, 0.5) is 0 Å². The van der Waals surface area contributed by atoms with Crippen LogP contribution in [0.3, 0.4) is 0 Å². The molecule has 13 heavy (non-hydrogen) atoms. The van der Waals surface area contributed by atoms with E-state index in [9.17, 15) is 0 Å². The second-order valence-electron chi connectivity index (χ2n) is 4.72. The summed E-state index contributed by atoms with van der Waals surface area (Å²) >= 11 is 0. The molecule has 1 saturated carbocycles. The fourth-order valence-corrected chi connectivity index (χ4v) is 1.78. The van der Waals surface area contributed by atoms with Crippen molar-refractivity contribution in [3.63, 3.8) is 0 Å². The second-order valence-corrected chi connectivity index (χ2v) is 4.72. The number of hydrogen-bond acceptors (Lipinski definition) is 1. The molecule has 0 bridgehead atoms. The first-order chi connectivity index (χ1) is 6.18. The smallest absolute Gasteiger partial charge is 0.0357 e. The van der Waals surface area contributed by atoms with Crippen LogP contribution < -0.4 is 5.32 Å². The van der Waals surface area contributed by atoms with E-state index in [1.54, 1.807) is 0 Å². The van der Waals surface area contributed by atoms with Crippen molar-refractivity contribution in [1.29, 1.82) is 0 Å². The Balaban J connectivity index is 1.66. The van der Waals surface area contributed by atoms with Gasteiger partial charge in [-0.05, 0) is 36.4 Å². The lowest BCUT2D eigenvalue weighted by molar-refractivity contribution is 0.518. The first-order valence-electron chi connectivity index (χ1n) is 5.01. The second kappa shape index (κ2) is 3.18. The molecule has 1 unspecified atom stereocenters. The molecule has 0 saturated heterocycles. The van der Waals surface area contributed by atoms with Gasteiger partial charge in [0.2, 0.25) is 0 Å². The maximum absolute atomic E-state index is 3.47. The van der Waals surface area contributed by atoms with Gasteiger partial charge in [0.1, 0.15) is 0 Å². The Morgan fingerprint density at radius 3 is 2.92 bits per heavy atom. The highest BCUT2D eigenvalue weighted by atomic mass is 14.9. The van der Waals surface area contributed by atoms with E-state index in [1.807, 2.05) is 12.3 Å². The molecule has 1 aromatic rings. The van der Waals surface area contributed by atoms with Crippen molar-refractivity contribution < 1.29 is 0 Å². The van der Waals surface area contributed by atoms with Gasteiger partial charge in [0, 0.05) is 18.4 Å². The van der Waals surface area contributed by atoms with Crippen LogP contribution in [0.1, 0.15) is 26.0 Å². The molecule has 0 amide bonds. The van der Waals surface area contributed by atoms with Gasteiger partial charge in [-0.25, -0.2) is 0 Å². The largest absolute Gasteiger partial charge is 0.364 e. The van der Waals surface area contributed by atoms with Crippen molar-refractivity contribution in [3.8, 4) is 0 Å². The van der Waals surface area contributed by atoms with Gasteiger partial charge in [-0.2, -0.15) is 0 Å². The first-order valence-corrected chi connectivity index (χ1v) is 5.01. The summed E-state index contributed by atoms with van der Waals surface area (Å²) in [6.45, 7) is 6.81. The minimum absolute atomic E-state index is 0.600. The van der Waals surface area contributed by atoms with E-state index < -0.39 is 0 Å². The van der Waals surface area contributed by atoms with E-state index >= 15 is 0 Å². The highest BCUT2D eigenvalue weighted by molar-refractivity contribution is 5.03. The SMILES string of the molecule is CC1(C)CC1CNCc1ccc[nH]1. The molecule has 2 heteroatoms. The van der Waals surface area contributed by atoms with Crippen LogP contribution in [0, 0.1) is 11.3 Å². The van der Waals surface area contributed by atoms with Crippen LogP contribution in [-0.2, 0) is 6.54 Å². The quantitative estimate of drug-likeness (QED) is 0.726. The van der Waals surface area contributed by atoms with E-state index in [1.165, 1.54) is 12.1 Å². The number of H-pyrrole nitrogens is 1. The van der Waals surface area contributed by atoms with Crippen LogP contribution >= 0.6 is 0 Å². The summed E-state index contributed by atoms with van der Waals surface area (Å²) in [4.78, 5) is 3.19. The lowest BCUT2D eigenvalue weighted by Gasteiger charge is -2.04. The number of aromatic nitrogens is 1. The Hall–Kier alpha value is -0.760. The molecule has 1 aliphatic rings. The Kier molecular flexibility index (Phi) is 2.16. The molecular weight excluding hydrogens is 160 g/mol. The zero-order valence-corrected chi connectivity index (χ0v) is 8.43. The summed E-state index contributed by atoms with van der Waals surface area (Å²) in [5.41, 5.74) is 1.88. The molecule has 1 heterocycles. The van der Waals surface area contributed by atoms with Crippen molar-refractivity contribution in [1.82, 2.24) is 10.3 Å². The summed E-state index contributed by atoms with van der Waals surface area (Å²) < 4.78 is 0. The molecule has 1 atom stereocenters. The maximum Gasteiger partial charge on any atom is 0.0357 e. The molecule has 1 aromatic heterocycles. The van der Waals surface area contributed by atoms with Crippen LogP contribution in [-0.4, -0.2) is 11.5 Å². The number of rotatable bonds is 4. The van der Waals surface area contributed by atoms with Gasteiger partial charge in [0.05, 0.1) is 0 Å². The third-order valence-corrected chi connectivity index (χ3v) is 3.09. The van der Waals surface area contributed by atoms with Gasteiger partial charge in [0.25, 0.3) is 0 Å². The summed E-state index contributed by atoms with van der Waals surface area (Å²) in [7, 11) is 0. The zero-order valence-electron chi connectivity index (χ0n) is 8.43. The minimum Gasteiger partial charge on any atom is -0.364 e. The van der Waals surface area contributed by atoms with E-state index in [0.717, 1.165) is 19.0 Å². The lowest BCUT2D eigenvalue weighted by atomic mass is 10.1. The van der Waals surface area contributed by atoms with E-state index in [0.29, 0.717) is 5.41 Å². The summed E-state index contributed by atoms with van der Waals surface area (Å²) in [6, 6.07) is 4.16. The molecule has 2 rings (SSSR count). The third-order valence-electron chi connectivity index (χ3n) is 3.09. The topological polar surface area (TPSA) is 27.8 Å². The predicted molar refractivity (Wildman–Crippen MR) is 54.4 cm³/mol. The van der Waals surface area contributed by atoms with Gasteiger partial charge >= 0.3 is 0 Å². The highest BCUT2D eigenvalue weighted by Gasteiger charge is 2.44. The Bertz CT molecular complexity index is 262. The Labute approximate surface area is 79.7 Å². The molecule has 1 aliphatic carbocycles. The van der Waals surface area contributed by atoms with Gasteiger partial charge in [-0.15, -0.1) is 0 Å². The molecule has 72 valence electrons. The number of nitrogens with one attached hydrogen (secondary N) is 2. The minimum atomic E-state index is 0.600. The first kappa shape index (κ1) is 8.82. The number of aromatic amines is 1. The number of hydrogen-bond donors (Lipinski definition) is 2. The summed E-state index contributed by atoms with van der Waals surface area (Å²) in [6.07, 6.45) is 3.35. The predicted octanol–water partition coefficient (Wildman–Crippen LogP) is 2.15. The van der Waals surface area contributed by atoms with Crippen LogP contribution in [0.15, 0.2) is 18.3 Å². The van der Waals surface area contributed by atoms with Gasteiger partial charge in [-0.1, -0.05) is 13.8 Å². The zero-order chi connectivity index (χ0) is 9.31. The van der Waals surface area contributed by atoms with Crippen LogP contribution in [0.2, 0.25) is 0 Å². The third kappa shape index (κ3) is 2.13.